The molecule has 96 valence electrons. The van der Waals surface area contributed by atoms with E-state index in [0.717, 1.165) is 30.9 Å². The fourth-order valence-electron chi connectivity index (χ4n) is 1.61. The highest BCUT2D eigenvalue weighted by atomic mass is 79.9. The molecule has 0 aliphatic carbocycles. The van der Waals surface area contributed by atoms with E-state index in [2.05, 4.69) is 43.8 Å². The number of methoxy groups -OCH3 is 1. The molecule has 1 aromatic rings. The highest BCUT2D eigenvalue weighted by molar-refractivity contribution is 9.09. The largest absolute Gasteiger partial charge is 0.383 e. The molecule has 0 bridgehead atoms. The topological polar surface area (TPSA) is 38.2 Å². The van der Waals surface area contributed by atoms with Crippen LogP contribution >= 0.6 is 15.9 Å². The molecule has 0 fully saturated rings. The molecule has 5 heteroatoms. The Morgan fingerprint density at radius 2 is 2.24 bits per heavy atom. The summed E-state index contributed by atoms with van der Waals surface area (Å²) in [6, 6.07) is 2.05. The molecule has 17 heavy (non-hydrogen) atoms. The Balaban J connectivity index is 2.61. The average molecular weight is 302 g/mol. The van der Waals surface area contributed by atoms with E-state index < -0.39 is 0 Å². The third-order valence-corrected chi connectivity index (χ3v) is 2.98. The van der Waals surface area contributed by atoms with E-state index in [-0.39, 0.29) is 0 Å². The molecule has 1 aromatic heterocycles. The van der Waals surface area contributed by atoms with Crippen LogP contribution in [0.15, 0.2) is 12.4 Å². The van der Waals surface area contributed by atoms with E-state index in [0.29, 0.717) is 11.4 Å². The number of hydrogen-bond donors (Lipinski definition) is 0. The molecule has 1 atom stereocenters. The summed E-state index contributed by atoms with van der Waals surface area (Å²) in [7, 11) is 3.74. The number of hydrogen-bond acceptors (Lipinski definition) is 4. The molecule has 4 nitrogen and oxygen atoms in total. The lowest BCUT2D eigenvalue weighted by Crippen LogP contribution is -2.28. The van der Waals surface area contributed by atoms with Crippen molar-refractivity contribution < 1.29 is 4.74 Å². The zero-order valence-corrected chi connectivity index (χ0v) is 12.3. The number of ether oxygens (including phenoxy) is 1. The summed E-state index contributed by atoms with van der Waals surface area (Å²) in [5, 5.41) is 0. The molecule has 0 spiro atoms. The van der Waals surface area contributed by atoms with Crippen molar-refractivity contribution in [2.24, 2.45) is 0 Å². The maximum Gasteiger partial charge on any atom is 0.131 e. The molecule has 1 rings (SSSR count). The second-order valence-corrected chi connectivity index (χ2v) is 5.35. The quantitative estimate of drug-likeness (QED) is 0.724. The van der Waals surface area contributed by atoms with Gasteiger partial charge in [0, 0.05) is 32.5 Å². The van der Waals surface area contributed by atoms with Crippen LogP contribution in [0, 0.1) is 0 Å². The molecule has 0 amide bonds. The molecule has 0 N–H and O–H groups in total. The van der Waals surface area contributed by atoms with Crippen LogP contribution in [-0.2, 0) is 11.2 Å². The number of aromatic nitrogens is 2. The molecule has 0 aromatic carbocycles. The molecule has 0 aliphatic rings. The van der Waals surface area contributed by atoms with Gasteiger partial charge in [-0.15, -0.1) is 0 Å². The van der Waals surface area contributed by atoms with Gasteiger partial charge in [-0.3, -0.25) is 0 Å². The normalized spacial score (nSPS) is 12.5. The van der Waals surface area contributed by atoms with Crippen LogP contribution in [0.1, 0.15) is 19.0 Å². The number of halogens is 1. The fourth-order valence-corrected chi connectivity index (χ4v) is 2.31. The number of alkyl halides is 1. The zero-order valence-electron chi connectivity index (χ0n) is 10.7. The summed E-state index contributed by atoms with van der Waals surface area (Å²) in [6.45, 7) is 3.70. The van der Waals surface area contributed by atoms with Gasteiger partial charge in [0.15, 0.2) is 0 Å². The van der Waals surface area contributed by atoms with Crippen LogP contribution in [0.25, 0.3) is 0 Å². The lowest BCUT2D eigenvalue weighted by molar-refractivity contribution is 0.201. The Morgan fingerprint density at radius 1 is 1.47 bits per heavy atom. The van der Waals surface area contributed by atoms with Gasteiger partial charge < -0.3 is 9.64 Å². The predicted octanol–water partition coefficient (Wildman–Crippen LogP) is 2.28. The van der Waals surface area contributed by atoms with E-state index in [1.807, 2.05) is 7.05 Å². The fraction of sp³-hybridized carbons (Fsp3) is 0.667. The van der Waals surface area contributed by atoms with Gasteiger partial charge in [-0.25, -0.2) is 9.97 Å². The Morgan fingerprint density at radius 3 is 2.88 bits per heavy atom. The van der Waals surface area contributed by atoms with Crippen molar-refractivity contribution in [2.75, 3.05) is 32.2 Å². The van der Waals surface area contributed by atoms with Crippen LogP contribution in [-0.4, -0.2) is 42.1 Å². The van der Waals surface area contributed by atoms with Crippen LogP contribution in [0.4, 0.5) is 5.82 Å². The third-order valence-electron chi connectivity index (χ3n) is 2.43. The summed E-state index contributed by atoms with van der Waals surface area (Å²) in [5.74, 6) is 0.962. The van der Waals surface area contributed by atoms with Crippen molar-refractivity contribution >= 4 is 21.7 Å². The van der Waals surface area contributed by atoms with Crippen molar-refractivity contribution in [1.82, 2.24) is 9.97 Å². The first kappa shape index (κ1) is 14.4. The Kier molecular flexibility index (Phi) is 6.44. The highest BCUT2D eigenvalue weighted by Gasteiger charge is 2.10. The van der Waals surface area contributed by atoms with Crippen molar-refractivity contribution in [2.45, 2.75) is 24.6 Å². The first-order chi connectivity index (χ1) is 8.17. The lowest BCUT2D eigenvalue weighted by atomic mass is 10.2. The van der Waals surface area contributed by atoms with Crippen LogP contribution in [0.3, 0.4) is 0 Å². The molecular formula is C12H20BrN3O. The first-order valence-corrected chi connectivity index (χ1v) is 6.74. The molecular weight excluding hydrogens is 282 g/mol. The Labute approximate surface area is 112 Å². The number of aryl methyl sites for hydroxylation is 1. The molecule has 1 unspecified atom stereocenters. The van der Waals surface area contributed by atoms with Gasteiger partial charge >= 0.3 is 0 Å². The smallest absolute Gasteiger partial charge is 0.131 e. The van der Waals surface area contributed by atoms with E-state index in [1.54, 1.807) is 13.4 Å². The summed E-state index contributed by atoms with van der Waals surface area (Å²) >= 11 is 3.58. The minimum Gasteiger partial charge on any atom is -0.383 e. The van der Waals surface area contributed by atoms with E-state index in [1.165, 1.54) is 0 Å². The first-order valence-electron chi connectivity index (χ1n) is 5.82. The maximum atomic E-state index is 5.10. The van der Waals surface area contributed by atoms with Gasteiger partial charge in [0.1, 0.15) is 12.1 Å². The zero-order chi connectivity index (χ0) is 12.7. The van der Waals surface area contributed by atoms with E-state index in [9.17, 15) is 0 Å². The lowest BCUT2D eigenvalue weighted by Gasteiger charge is -2.21. The van der Waals surface area contributed by atoms with Crippen molar-refractivity contribution in [3.63, 3.8) is 0 Å². The molecule has 0 saturated heterocycles. The molecule has 0 radical (unpaired) electrons. The SMILES string of the molecule is CCCc1cc(N(C)CC(Br)COC)ncn1. The van der Waals surface area contributed by atoms with Crippen LogP contribution in [0.2, 0.25) is 0 Å². The summed E-state index contributed by atoms with van der Waals surface area (Å²) in [6.07, 6.45) is 3.74. The van der Waals surface area contributed by atoms with Gasteiger partial charge in [0.05, 0.1) is 11.4 Å². The monoisotopic (exact) mass is 301 g/mol. The standard InChI is InChI=1S/C12H20BrN3O/c1-4-5-11-6-12(15-9-14-11)16(2)7-10(13)8-17-3/h6,9-10H,4-5,7-8H2,1-3H3. The van der Waals surface area contributed by atoms with Crippen LogP contribution in [0.5, 0.6) is 0 Å². The van der Waals surface area contributed by atoms with Crippen molar-refractivity contribution in [3.8, 4) is 0 Å². The highest BCUT2D eigenvalue weighted by Crippen LogP contribution is 2.13. The van der Waals surface area contributed by atoms with E-state index >= 15 is 0 Å². The Bertz CT molecular complexity index is 335. The summed E-state index contributed by atoms with van der Waals surface area (Å²) in [5.41, 5.74) is 1.10. The average Bonchev–Trinajstić information content (AvgIpc) is 2.30. The molecule has 1 heterocycles. The van der Waals surface area contributed by atoms with Gasteiger partial charge in [-0.1, -0.05) is 29.3 Å². The molecule has 0 saturated carbocycles. The minimum absolute atomic E-state index is 0.307. The second kappa shape index (κ2) is 7.61. The van der Waals surface area contributed by atoms with Crippen molar-refractivity contribution in [1.29, 1.82) is 0 Å². The number of rotatable bonds is 7. The minimum atomic E-state index is 0.307. The second-order valence-electron chi connectivity index (χ2n) is 4.05. The summed E-state index contributed by atoms with van der Waals surface area (Å²) < 4.78 is 5.10. The van der Waals surface area contributed by atoms with Gasteiger partial charge in [0.25, 0.3) is 0 Å². The van der Waals surface area contributed by atoms with Gasteiger partial charge in [-0.2, -0.15) is 0 Å². The number of nitrogens with zero attached hydrogens (tertiary/aromatic N) is 3. The number of anilines is 1. The van der Waals surface area contributed by atoms with Crippen LogP contribution < -0.4 is 4.90 Å². The van der Waals surface area contributed by atoms with E-state index in [4.69, 9.17) is 4.74 Å². The Hall–Kier alpha value is -0.680. The molecule has 0 aliphatic heterocycles. The maximum absolute atomic E-state index is 5.10. The summed E-state index contributed by atoms with van der Waals surface area (Å²) in [4.78, 5) is 11.0. The van der Waals surface area contributed by atoms with Gasteiger partial charge in [0.2, 0.25) is 0 Å². The van der Waals surface area contributed by atoms with Gasteiger partial charge in [-0.05, 0) is 6.42 Å². The third kappa shape index (κ3) is 5.00. The van der Waals surface area contributed by atoms with Crippen molar-refractivity contribution in [3.05, 3.63) is 18.1 Å². The predicted molar refractivity (Wildman–Crippen MR) is 73.9 cm³/mol.